The van der Waals surface area contributed by atoms with Gasteiger partial charge in [0.15, 0.2) is 0 Å². The molecule has 2 saturated heterocycles. The number of piperazine rings is 1. The van der Waals surface area contributed by atoms with Crippen molar-refractivity contribution in [3.8, 4) is 5.75 Å². The summed E-state index contributed by atoms with van der Waals surface area (Å²) in [5, 5.41) is 13.3. The van der Waals surface area contributed by atoms with Crippen LogP contribution in [0.25, 0.3) is 0 Å². The van der Waals surface area contributed by atoms with Crippen molar-refractivity contribution >= 4 is 29.1 Å². The lowest BCUT2D eigenvalue weighted by Crippen LogP contribution is -2.48. The molecule has 0 amide bonds. The zero-order valence-electron chi connectivity index (χ0n) is 20.7. The molecule has 2 N–H and O–H groups in total. The summed E-state index contributed by atoms with van der Waals surface area (Å²) in [6.07, 6.45) is -0.0873. The van der Waals surface area contributed by atoms with Gasteiger partial charge in [0.05, 0.1) is 0 Å². The molecule has 8 nitrogen and oxygen atoms in total. The molecule has 11 heteroatoms. The Bertz CT molecular complexity index is 1220. The van der Waals surface area contributed by atoms with Crippen LogP contribution in [0.15, 0.2) is 42.6 Å². The van der Waals surface area contributed by atoms with Crippen LogP contribution in [-0.2, 0) is 6.18 Å². The predicted molar refractivity (Wildman–Crippen MR) is 138 cm³/mol. The molecule has 0 spiro atoms. The summed E-state index contributed by atoms with van der Waals surface area (Å²) in [6, 6.07) is 11.0. The van der Waals surface area contributed by atoms with Gasteiger partial charge in [-0.15, -0.1) is 0 Å². The van der Waals surface area contributed by atoms with Crippen LogP contribution in [0.5, 0.6) is 5.75 Å². The number of benzene rings is 1. The van der Waals surface area contributed by atoms with Crippen molar-refractivity contribution in [2.45, 2.75) is 32.4 Å². The van der Waals surface area contributed by atoms with Crippen LogP contribution in [0.2, 0.25) is 0 Å². The van der Waals surface area contributed by atoms with Gasteiger partial charge in [-0.2, -0.15) is 23.1 Å². The molecule has 4 heterocycles. The Morgan fingerprint density at radius 1 is 0.838 bits per heavy atom. The summed E-state index contributed by atoms with van der Waals surface area (Å²) in [6.45, 7) is 5.30. The molecule has 2 aliphatic rings. The second kappa shape index (κ2) is 10.3. The third-order valence-corrected chi connectivity index (χ3v) is 6.76. The number of alkyl halides is 3. The van der Waals surface area contributed by atoms with E-state index in [0.29, 0.717) is 24.9 Å². The Labute approximate surface area is 213 Å². The number of aryl methyl sites for hydroxylation is 1. The van der Waals surface area contributed by atoms with E-state index in [1.807, 2.05) is 42.2 Å². The van der Waals surface area contributed by atoms with Crippen LogP contribution in [0.4, 0.5) is 42.3 Å². The van der Waals surface area contributed by atoms with Crippen LogP contribution in [-0.4, -0.2) is 59.3 Å². The van der Waals surface area contributed by atoms with Crippen molar-refractivity contribution < 1.29 is 18.3 Å². The van der Waals surface area contributed by atoms with Gasteiger partial charge in [-0.1, -0.05) is 17.7 Å². The van der Waals surface area contributed by atoms with Crippen LogP contribution in [0, 0.1) is 6.92 Å². The minimum absolute atomic E-state index is 0.253. The number of hydrogen-bond donors (Lipinski definition) is 2. The lowest BCUT2D eigenvalue weighted by atomic mass is 10.1. The molecule has 0 unspecified atom stereocenters. The Balaban J connectivity index is 1.38. The van der Waals surface area contributed by atoms with Crippen molar-refractivity contribution in [1.82, 2.24) is 15.0 Å². The monoisotopic (exact) mass is 513 g/mol. The van der Waals surface area contributed by atoms with Crippen LogP contribution >= 0.6 is 0 Å². The molecule has 5 rings (SSSR count). The van der Waals surface area contributed by atoms with Gasteiger partial charge in [-0.05, 0) is 44.4 Å². The molecule has 3 aromatic rings. The summed E-state index contributed by atoms with van der Waals surface area (Å²) in [4.78, 5) is 19.4. The van der Waals surface area contributed by atoms with Crippen molar-refractivity contribution in [2.24, 2.45) is 0 Å². The number of piperidine rings is 1. The number of aromatic hydroxyl groups is 1. The standard InChI is InChI=1S/C26H30F3N7O/c1-18-5-7-19(8-6-18)31-21-17-22(34-11-3-2-4-12-34)33-25(32-21)36-15-13-35(14-16-36)24-23(26(27,28)29)20(37)9-10-30-24/h5-10,17H,2-4,11-16H2,1H3,(H,30,37)(H,31,32,33). The summed E-state index contributed by atoms with van der Waals surface area (Å²) < 4.78 is 40.8. The highest BCUT2D eigenvalue weighted by Crippen LogP contribution is 2.41. The molecular formula is C26H30F3N7O. The summed E-state index contributed by atoms with van der Waals surface area (Å²) >= 11 is 0. The molecule has 0 saturated carbocycles. The number of halogens is 3. The number of anilines is 5. The third kappa shape index (κ3) is 5.65. The Kier molecular flexibility index (Phi) is 6.94. The minimum atomic E-state index is -4.70. The Morgan fingerprint density at radius 2 is 1.51 bits per heavy atom. The predicted octanol–water partition coefficient (Wildman–Crippen LogP) is 4.96. The zero-order valence-corrected chi connectivity index (χ0v) is 20.7. The van der Waals surface area contributed by atoms with Crippen molar-refractivity contribution in [3.05, 3.63) is 53.7 Å². The first kappa shape index (κ1) is 24.9. The molecule has 0 aliphatic carbocycles. The van der Waals surface area contributed by atoms with E-state index >= 15 is 0 Å². The van der Waals surface area contributed by atoms with E-state index < -0.39 is 17.5 Å². The number of pyridine rings is 1. The zero-order chi connectivity index (χ0) is 26.0. The molecular weight excluding hydrogens is 483 g/mol. The summed E-state index contributed by atoms with van der Waals surface area (Å²) in [5.41, 5.74) is 0.978. The number of nitrogens with zero attached hydrogens (tertiary/aromatic N) is 6. The van der Waals surface area contributed by atoms with E-state index in [-0.39, 0.29) is 18.9 Å². The number of hydrogen-bond acceptors (Lipinski definition) is 8. The highest BCUT2D eigenvalue weighted by Gasteiger charge is 2.39. The Hall–Kier alpha value is -3.76. The second-order valence-corrected chi connectivity index (χ2v) is 9.45. The summed E-state index contributed by atoms with van der Waals surface area (Å²) in [7, 11) is 0. The lowest BCUT2D eigenvalue weighted by molar-refractivity contribution is -0.138. The van der Waals surface area contributed by atoms with Crippen molar-refractivity contribution in [1.29, 1.82) is 0 Å². The fourth-order valence-electron chi connectivity index (χ4n) is 4.77. The third-order valence-electron chi connectivity index (χ3n) is 6.76. The largest absolute Gasteiger partial charge is 0.507 e. The van der Waals surface area contributed by atoms with Gasteiger partial charge in [0, 0.05) is 57.2 Å². The molecule has 196 valence electrons. The number of aromatic nitrogens is 3. The van der Waals surface area contributed by atoms with E-state index in [9.17, 15) is 18.3 Å². The Morgan fingerprint density at radius 3 is 2.19 bits per heavy atom. The van der Waals surface area contributed by atoms with Gasteiger partial charge in [0.1, 0.15) is 28.8 Å². The molecule has 2 aromatic heterocycles. The lowest BCUT2D eigenvalue weighted by Gasteiger charge is -2.37. The first-order chi connectivity index (χ1) is 17.8. The maximum Gasteiger partial charge on any atom is 0.423 e. The topological polar surface area (TPSA) is 80.7 Å². The number of rotatable bonds is 5. The van der Waals surface area contributed by atoms with Crippen LogP contribution in [0.3, 0.4) is 0 Å². The van der Waals surface area contributed by atoms with Gasteiger partial charge >= 0.3 is 6.18 Å². The molecule has 2 aliphatic heterocycles. The fourth-order valence-corrected chi connectivity index (χ4v) is 4.77. The first-order valence-corrected chi connectivity index (χ1v) is 12.5. The van der Waals surface area contributed by atoms with Gasteiger partial charge in [-0.3, -0.25) is 0 Å². The highest BCUT2D eigenvalue weighted by molar-refractivity contribution is 5.63. The molecule has 2 fully saturated rings. The highest BCUT2D eigenvalue weighted by atomic mass is 19.4. The van der Waals surface area contributed by atoms with Crippen molar-refractivity contribution in [3.63, 3.8) is 0 Å². The minimum Gasteiger partial charge on any atom is -0.507 e. The maximum absolute atomic E-state index is 13.6. The summed E-state index contributed by atoms with van der Waals surface area (Å²) in [5.74, 6) is 0.986. The number of nitrogens with one attached hydrogen (secondary N) is 1. The van der Waals surface area contributed by atoms with Gasteiger partial charge in [-0.25, -0.2) is 4.98 Å². The first-order valence-electron chi connectivity index (χ1n) is 12.5. The maximum atomic E-state index is 13.6. The fraction of sp³-hybridized carbons (Fsp3) is 0.423. The second-order valence-electron chi connectivity index (χ2n) is 9.45. The quantitative estimate of drug-likeness (QED) is 0.495. The van der Waals surface area contributed by atoms with E-state index in [1.165, 1.54) is 12.6 Å². The average Bonchev–Trinajstić information content (AvgIpc) is 2.89. The molecule has 0 bridgehead atoms. The van der Waals surface area contributed by atoms with E-state index in [0.717, 1.165) is 49.1 Å². The molecule has 0 atom stereocenters. The molecule has 37 heavy (non-hydrogen) atoms. The van der Waals surface area contributed by atoms with Gasteiger partial charge in [0.25, 0.3) is 0 Å². The van der Waals surface area contributed by atoms with E-state index in [4.69, 9.17) is 9.97 Å². The van der Waals surface area contributed by atoms with Gasteiger partial charge < -0.3 is 25.1 Å². The van der Waals surface area contributed by atoms with Gasteiger partial charge in [0.2, 0.25) is 5.95 Å². The van der Waals surface area contributed by atoms with E-state index in [2.05, 4.69) is 15.2 Å². The van der Waals surface area contributed by atoms with Crippen molar-refractivity contribution in [2.75, 3.05) is 59.3 Å². The molecule has 0 radical (unpaired) electrons. The SMILES string of the molecule is Cc1ccc(Nc2cc(N3CCCCC3)nc(N3CCN(c4nccc(O)c4C(F)(F)F)CC3)n2)cc1. The average molecular weight is 514 g/mol. The molecule has 1 aromatic carbocycles. The van der Waals surface area contributed by atoms with E-state index in [1.54, 1.807) is 4.90 Å². The smallest absolute Gasteiger partial charge is 0.423 e. The normalized spacial score (nSPS) is 16.7. The van der Waals surface area contributed by atoms with Crippen LogP contribution < -0.4 is 20.0 Å². The van der Waals surface area contributed by atoms with Crippen LogP contribution in [0.1, 0.15) is 30.4 Å².